The van der Waals surface area contributed by atoms with Crippen molar-refractivity contribution in [1.29, 1.82) is 0 Å². The minimum absolute atomic E-state index is 0.0458. The Balaban J connectivity index is 2.80. The number of quaternary nitrogens is 1. The Morgan fingerprint density at radius 2 is 1.74 bits per heavy atom. The molecule has 0 spiro atoms. The molecule has 6 nitrogen and oxygen atoms in total. The number of halogens is 1. The van der Waals surface area contributed by atoms with Crippen molar-refractivity contribution in [2.45, 2.75) is 52.3 Å². The Morgan fingerprint density at radius 1 is 1.11 bits per heavy atom. The number of carbonyl (C=O) groups is 2. The molecule has 0 aliphatic rings. The van der Waals surface area contributed by atoms with Crippen molar-refractivity contribution >= 4 is 29.1 Å². The van der Waals surface area contributed by atoms with Gasteiger partial charge in [0.25, 0.3) is 5.91 Å². The molecule has 3 atom stereocenters. The lowest BCUT2D eigenvalue weighted by Gasteiger charge is -2.24. The average molecular weight is 399 g/mol. The first kappa shape index (κ1) is 23.4. The van der Waals surface area contributed by atoms with Gasteiger partial charge in [0, 0.05) is 11.6 Å². The summed E-state index contributed by atoms with van der Waals surface area (Å²) in [7, 11) is 0. The van der Waals surface area contributed by atoms with E-state index >= 15 is 0 Å². The van der Waals surface area contributed by atoms with Crippen LogP contribution in [0.1, 0.15) is 34.1 Å². The van der Waals surface area contributed by atoms with Gasteiger partial charge in [-0.25, -0.2) is 0 Å². The summed E-state index contributed by atoms with van der Waals surface area (Å²) in [5.74, 6) is -0.0220. The van der Waals surface area contributed by atoms with Crippen molar-refractivity contribution in [2.24, 2.45) is 11.8 Å². The molecule has 0 bridgehead atoms. The number of anilines is 1. The average Bonchev–Trinajstić information content (AvgIpc) is 2.61. The van der Waals surface area contributed by atoms with Gasteiger partial charge >= 0.3 is 0 Å². The number of alkyl halides is 1. The number of benzene rings is 1. The molecule has 0 heterocycles. The van der Waals surface area contributed by atoms with Gasteiger partial charge < -0.3 is 21.1 Å². The monoisotopic (exact) mass is 398 g/mol. The molecule has 152 valence electrons. The number of amides is 2. The number of rotatable bonds is 11. The number of hydrogen-bond acceptors (Lipinski definition) is 3. The maximum absolute atomic E-state index is 12.8. The molecule has 1 rings (SSSR count). The van der Waals surface area contributed by atoms with Crippen LogP contribution in [0.5, 0.6) is 0 Å². The summed E-state index contributed by atoms with van der Waals surface area (Å²) >= 11 is 5.63. The van der Waals surface area contributed by atoms with Gasteiger partial charge in [0.2, 0.25) is 5.91 Å². The zero-order chi connectivity index (χ0) is 20.4. The Bertz CT molecular complexity index is 581. The maximum atomic E-state index is 12.8. The summed E-state index contributed by atoms with van der Waals surface area (Å²) in [5.41, 5.74) is 0.697. The molecule has 0 fully saturated rings. The van der Waals surface area contributed by atoms with E-state index in [2.05, 4.69) is 10.6 Å². The van der Waals surface area contributed by atoms with Crippen LogP contribution < -0.4 is 16.0 Å². The molecule has 1 aromatic rings. The molecule has 0 saturated carbocycles. The first-order valence-corrected chi connectivity index (χ1v) is 10.0. The van der Waals surface area contributed by atoms with Crippen LogP contribution in [0.25, 0.3) is 0 Å². The highest BCUT2D eigenvalue weighted by Gasteiger charge is 2.30. The van der Waals surface area contributed by atoms with Crippen LogP contribution in [-0.4, -0.2) is 47.5 Å². The lowest BCUT2D eigenvalue weighted by molar-refractivity contribution is -0.687. The van der Waals surface area contributed by atoms with E-state index in [1.54, 1.807) is 5.32 Å². The van der Waals surface area contributed by atoms with Crippen LogP contribution in [0.15, 0.2) is 30.3 Å². The molecule has 5 N–H and O–H groups in total. The molecular formula is C20H33ClN3O3+. The third-order valence-corrected chi connectivity index (χ3v) is 4.60. The van der Waals surface area contributed by atoms with E-state index in [4.69, 9.17) is 11.6 Å². The van der Waals surface area contributed by atoms with Gasteiger partial charge in [-0.15, -0.1) is 11.6 Å². The molecule has 2 amide bonds. The SMILES string of the molecule is CC(C)C[C@H](NC(=O)[C@@H]([NH2+]C[C@@H](O)CCl)C(C)C)C(=O)Nc1ccccc1. The molecule has 27 heavy (non-hydrogen) atoms. The fourth-order valence-electron chi connectivity index (χ4n) is 2.77. The number of aliphatic hydroxyl groups is 1. The van der Waals surface area contributed by atoms with Gasteiger partial charge in [0.1, 0.15) is 18.7 Å². The van der Waals surface area contributed by atoms with Crippen LogP contribution in [0, 0.1) is 11.8 Å². The summed E-state index contributed by atoms with van der Waals surface area (Å²) in [4.78, 5) is 25.5. The van der Waals surface area contributed by atoms with Crippen LogP contribution in [0.4, 0.5) is 5.69 Å². The van der Waals surface area contributed by atoms with Crippen LogP contribution in [0.2, 0.25) is 0 Å². The first-order valence-electron chi connectivity index (χ1n) is 9.48. The molecule has 1 aromatic carbocycles. The molecule has 0 aliphatic carbocycles. The van der Waals surface area contributed by atoms with E-state index in [1.165, 1.54) is 0 Å². The van der Waals surface area contributed by atoms with Crippen LogP contribution in [0.3, 0.4) is 0 Å². The van der Waals surface area contributed by atoms with E-state index in [-0.39, 0.29) is 29.5 Å². The van der Waals surface area contributed by atoms with Crippen LogP contribution >= 0.6 is 11.6 Å². The summed E-state index contributed by atoms with van der Waals surface area (Å²) in [6.07, 6.45) is -0.131. The largest absolute Gasteiger partial charge is 0.386 e. The lowest BCUT2D eigenvalue weighted by atomic mass is 9.99. The van der Waals surface area contributed by atoms with E-state index in [1.807, 2.05) is 58.0 Å². The molecule has 0 saturated heterocycles. The first-order chi connectivity index (χ1) is 12.7. The molecular weight excluding hydrogens is 366 g/mol. The summed E-state index contributed by atoms with van der Waals surface area (Å²) in [5, 5.41) is 17.2. The summed E-state index contributed by atoms with van der Waals surface area (Å²) in [6, 6.07) is 8.16. The van der Waals surface area contributed by atoms with Gasteiger partial charge in [-0.05, 0) is 24.5 Å². The van der Waals surface area contributed by atoms with Crippen molar-refractivity contribution in [2.75, 3.05) is 17.7 Å². The number of aliphatic hydroxyl groups excluding tert-OH is 1. The van der Waals surface area contributed by atoms with E-state index in [0.717, 1.165) is 0 Å². The Labute approximate surface area is 167 Å². The van der Waals surface area contributed by atoms with Crippen molar-refractivity contribution in [3.05, 3.63) is 30.3 Å². The minimum atomic E-state index is -0.673. The van der Waals surface area contributed by atoms with Gasteiger partial charge in [-0.1, -0.05) is 45.9 Å². The van der Waals surface area contributed by atoms with Crippen molar-refractivity contribution < 1.29 is 20.0 Å². The Morgan fingerprint density at radius 3 is 2.26 bits per heavy atom. The smallest absolute Gasteiger partial charge is 0.279 e. The molecule has 0 aliphatic heterocycles. The second-order valence-electron chi connectivity index (χ2n) is 7.60. The van der Waals surface area contributed by atoms with Gasteiger partial charge in [0.15, 0.2) is 6.04 Å². The summed E-state index contributed by atoms with van der Waals surface area (Å²) < 4.78 is 0. The third kappa shape index (κ3) is 8.73. The standard InChI is InChI=1S/C20H32ClN3O3/c1-13(2)10-17(19(26)23-15-8-6-5-7-9-15)24-20(27)18(14(3)4)22-12-16(25)11-21/h5-9,13-14,16-18,22,25H,10-12H2,1-4H3,(H,23,26)(H,24,27)/p+1/t16-,17-,18-/m0/s1. The lowest BCUT2D eigenvalue weighted by Crippen LogP contribution is -2.95. The second-order valence-corrected chi connectivity index (χ2v) is 7.90. The predicted octanol–water partition coefficient (Wildman–Crippen LogP) is 1.34. The van der Waals surface area contributed by atoms with E-state index in [9.17, 15) is 14.7 Å². The molecule has 7 heteroatoms. The third-order valence-electron chi connectivity index (χ3n) is 4.24. The van der Waals surface area contributed by atoms with Gasteiger partial charge in [-0.2, -0.15) is 0 Å². The van der Waals surface area contributed by atoms with E-state index in [0.29, 0.717) is 18.7 Å². The number of nitrogens with one attached hydrogen (secondary N) is 2. The Hall–Kier alpha value is -1.63. The van der Waals surface area contributed by atoms with Gasteiger partial charge in [-0.3, -0.25) is 9.59 Å². The van der Waals surface area contributed by atoms with Crippen molar-refractivity contribution in [3.63, 3.8) is 0 Å². The predicted molar refractivity (Wildman–Crippen MR) is 109 cm³/mol. The molecule has 0 radical (unpaired) electrons. The molecule has 0 aromatic heterocycles. The summed E-state index contributed by atoms with van der Waals surface area (Å²) in [6.45, 7) is 8.24. The number of hydrogen-bond donors (Lipinski definition) is 4. The normalized spacial score (nSPS) is 14.7. The molecule has 0 unspecified atom stereocenters. The maximum Gasteiger partial charge on any atom is 0.279 e. The Kier molecular flexibility index (Phi) is 10.4. The fourth-order valence-corrected chi connectivity index (χ4v) is 2.90. The van der Waals surface area contributed by atoms with Crippen molar-refractivity contribution in [1.82, 2.24) is 5.32 Å². The van der Waals surface area contributed by atoms with Gasteiger partial charge in [0.05, 0.1) is 5.88 Å². The highest BCUT2D eigenvalue weighted by Crippen LogP contribution is 2.11. The number of nitrogens with two attached hydrogens (primary N) is 1. The van der Waals surface area contributed by atoms with Crippen LogP contribution in [-0.2, 0) is 9.59 Å². The second kappa shape index (κ2) is 12.0. The highest BCUT2D eigenvalue weighted by molar-refractivity contribution is 6.18. The highest BCUT2D eigenvalue weighted by atomic mass is 35.5. The topological polar surface area (TPSA) is 95.0 Å². The zero-order valence-corrected chi connectivity index (χ0v) is 17.4. The number of para-hydroxylation sites is 1. The fraction of sp³-hybridized carbons (Fsp3) is 0.600. The quantitative estimate of drug-likeness (QED) is 0.424. The van der Waals surface area contributed by atoms with E-state index < -0.39 is 18.2 Å². The minimum Gasteiger partial charge on any atom is -0.386 e. The zero-order valence-electron chi connectivity index (χ0n) is 16.6. The number of carbonyl (C=O) groups excluding carboxylic acids is 2. The van der Waals surface area contributed by atoms with Crippen molar-refractivity contribution in [3.8, 4) is 0 Å².